The SMILES string of the molecule is [c]1ccc2c(c1)ccc1c3ccccc3[c]cc21. The van der Waals surface area contributed by atoms with E-state index >= 15 is 0 Å². The molecule has 2 radical (unpaired) electrons. The second kappa shape index (κ2) is 3.58. The number of benzene rings is 4. The fourth-order valence-electron chi connectivity index (χ4n) is 2.62. The second-order valence-electron chi connectivity index (χ2n) is 4.51. The van der Waals surface area contributed by atoms with Crippen molar-refractivity contribution in [2.45, 2.75) is 0 Å². The van der Waals surface area contributed by atoms with Gasteiger partial charge in [0.2, 0.25) is 0 Å². The summed E-state index contributed by atoms with van der Waals surface area (Å²) in [5.74, 6) is 0. The Morgan fingerprint density at radius 1 is 0.667 bits per heavy atom. The molecule has 0 aliphatic rings. The summed E-state index contributed by atoms with van der Waals surface area (Å²) in [5, 5.41) is 7.50. The zero-order valence-electron chi connectivity index (χ0n) is 9.77. The maximum Gasteiger partial charge on any atom is -0.00923 e. The molecule has 0 heterocycles. The van der Waals surface area contributed by atoms with Crippen LogP contribution in [0.15, 0.2) is 60.7 Å². The first-order valence-corrected chi connectivity index (χ1v) is 6.05. The number of hydrogen-bond donors (Lipinski definition) is 0. The first-order valence-electron chi connectivity index (χ1n) is 6.05. The van der Waals surface area contributed by atoms with E-state index in [-0.39, 0.29) is 0 Å². The lowest BCUT2D eigenvalue weighted by Crippen LogP contribution is -1.80. The average Bonchev–Trinajstić information content (AvgIpc) is 2.46. The summed E-state index contributed by atoms with van der Waals surface area (Å²) in [6.45, 7) is 0. The van der Waals surface area contributed by atoms with E-state index in [2.05, 4.69) is 60.7 Å². The lowest BCUT2D eigenvalue weighted by Gasteiger charge is -2.06. The van der Waals surface area contributed by atoms with Crippen LogP contribution in [0.2, 0.25) is 0 Å². The molecule has 0 aromatic heterocycles. The van der Waals surface area contributed by atoms with E-state index in [0.717, 1.165) is 0 Å². The molecule has 0 N–H and O–H groups in total. The zero-order valence-corrected chi connectivity index (χ0v) is 9.77. The van der Waals surface area contributed by atoms with Crippen molar-refractivity contribution >= 4 is 32.3 Å². The normalized spacial score (nSPS) is 11.3. The van der Waals surface area contributed by atoms with Crippen molar-refractivity contribution < 1.29 is 0 Å². The molecule has 0 amide bonds. The molecule has 0 nitrogen and oxygen atoms in total. The monoisotopic (exact) mass is 226 g/mol. The van der Waals surface area contributed by atoms with E-state index in [1.54, 1.807) is 0 Å². The number of fused-ring (bicyclic) bond motifs is 5. The van der Waals surface area contributed by atoms with E-state index in [0.29, 0.717) is 0 Å². The van der Waals surface area contributed by atoms with Gasteiger partial charge in [0.25, 0.3) is 0 Å². The van der Waals surface area contributed by atoms with Crippen LogP contribution >= 0.6 is 0 Å². The first kappa shape index (κ1) is 9.67. The van der Waals surface area contributed by atoms with Crippen LogP contribution in [-0.4, -0.2) is 0 Å². The van der Waals surface area contributed by atoms with Crippen LogP contribution in [0.4, 0.5) is 0 Å². The van der Waals surface area contributed by atoms with Crippen LogP contribution in [0.25, 0.3) is 32.3 Å². The third-order valence-corrected chi connectivity index (χ3v) is 3.50. The van der Waals surface area contributed by atoms with Gasteiger partial charge in [-0.25, -0.2) is 0 Å². The number of hydrogen-bond acceptors (Lipinski definition) is 0. The molecular weight excluding hydrogens is 216 g/mol. The summed E-state index contributed by atoms with van der Waals surface area (Å²) < 4.78 is 0. The molecule has 18 heavy (non-hydrogen) atoms. The number of rotatable bonds is 0. The molecule has 0 heteroatoms. The van der Waals surface area contributed by atoms with Gasteiger partial charge in [-0.3, -0.25) is 0 Å². The summed E-state index contributed by atoms with van der Waals surface area (Å²) in [7, 11) is 0. The fourth-order valence-corrected chi connectivity index (χ4v) is 2.62. The maximum absolute atomic E-state index is 3.38. The van der Waals surface area contributed by atoms with Crippen molar-refractivity contribution in [2.24, 2.45) is 0 Å². The Balaban J connectivity index is 2.31. The third kappa shape index (κ3) is 1.26. The van der Waals surface area contributed by atoms with Crippen molar-refractivity contribution in [1.29, 1.82) is 0 Å². The first-order chi connectivity index (χ1) is 8.93. The molecule has 0 atom stereocenters. The molecule has 0 bridgehead atoms. The van der Waals surface area contributed by atoms with E-state index in [4.69, 9.17) is 0 Å². The second-order valence-corrected chi connectivity index (χ2v) is 4.51. The predicted molar refractivity (Wildman–Crippen MR) is 76.6 cm³/mol. The van der Waals surface area contributed by atoms with Crippen molar-refractivity contribution in [3.05, 3.63) is 72.8 Å². The Bertz CT molecular complexity index is 797. The van der Waals surface area contributed by atoms with Crippen molar-refractivity contribution in [1.82, 2.24) is 0 Å². The van der Waals surface area contributed by atoms with Crippen LogP contribution in [0.1, 0.15) is 0 Å². The molecule has 0 aliphatic carbocycles. The van der Waals surface area contributed by atoms with E-state index in [9.17, 15) is 0 Å². The Kier molecular flexibility index (Phi) is 1.92. The molecule has 4 aromatic carbocycles. The topological polar surface area (TPSA) is 0 Å². The lowest BCUT2D eigenvalue weighted by molar-refractivity contribution is 1.76. The van der Waals surface area contributed by atoms with Gasteiger partial charge >= 0.3 is 0 Å². The van der Waals surface area contributed by atoms with E-state index < -0.39 is 0 Å². The molecule has 4 aromatic rings. The van der Waals surface area contributed by atoms with Gasteiger partial charge in [0, 0.05) is 0 Å². The Labute approximate surface area is 105 Å². The summed E-state index contributed by atoms with van der Waals surface area (Å²) >= 11 is 0. The molecule has 0 unspecified atom stereocenters. The lowest BCUT2D eigenvalue weighted by atomic mass is 9.97. The van der Waals surface area contributed by atoms with Crippen LogP contribution in [0, 0.1) is 12.1 Å². The van der Waals surface area contributed by atoms with Crippen LogP contribution < -0.4 is 0 Å². The third-order valence-electron chi connectivity index (χ3n) is 3.50. The van der Waals surface area contributed by atoms with Crippen molar-refractivity contribution in [3.8, 4) is 0 Å². The highest BCUT2D eigenvalue weighted by atomic mass is 14.1. The molecule has 4 rings (SSSR count). The quantitative estimate of drug-likeness (QED) is 0.380. The van der Waals surface area contributed by atoms with Gasteiger partial charge in [0.15, 0.2) is 0 Å². The Morgan fingerprint density at radius 3 is 2.61 bits per heavy atom. The summed E-state index contributed by atoms with van der Waals surface area (Å²) in [4.78, 5) is 0. The van der Waals surface area contributed by atoms with Gasteiger partial charge in [-0.05, 0) is 56.6 Å². The Morgan fingerprint density at radius 2 is 1.61 bits per heavy atom. The minimum atomic E-state index is 1.17. The summed E-state index contributed by atoms with van der Waals surface area (Å²) in [6.07, 6.45) is 0. The van der Waals surface area contributed by atoms with E-state index in [1.165, 1.54) is 32.3 Å². The average molecular weight is 226 g/mol. The predicted octanol–water partition coefficient (Wildman–Crippen LogP) is 4.75. The van der Waals surface area contributed by atoms with E-state index in [1.807, 2.05) is 12.1 Å². The molecular formula is C18H10. The molecule has 0 saturated carbocycles. The minimum Gasteiger partial charge on any atom is -0.0616 e. The van der Waals surface area contributed by atoms with Gasteiger partial charge in [-0.2, -0.15) is 0 Å². The maximum atomic E-state index is 3.38. The fraction of sp³-hybridized carbons (Fsp3) is 0. The summed E-state index contributed by atoms with van der Waals surface area (Å²) in [6, 6.07) is 27.5. The standard InChI is InChI=1S/C18H10/c1-3-7-15-13(5-1)9-11-18-16-8-4-2-6-14(16)10-12-17(15)18/h1,3-8,10-12H. The molecule has 0 fully saturated rings. The molecule has 0 aliphatic heterocycles. The molecule has 82 valence electrons. The molecule has 0 saturated heterocycles. The van der Waals surface area contributed by atoms with Crippen molar-refractivity contribution in [3.63, 3.8) is 0 Å². The highest BCUT2D eigenvalue weighted by molar-refractivity contribution is 6.16. The molecule has 0 spiro atoms. The highest BCUT2D eigenvalue weighted by Crippen LogP contribution is 2.30. The smallest absolute Gasteiger partial charge is 0.00923 e. The Hall–Kier alpha value is -2.34. The van der Waals surface area contributed by atoms with Crippen molar-refractivity contribution in [2.75, 3.05) is 0 Å². The highest BCUT2D eigenvalue weighted by Gasteiger charge is 2.03. The van der Waals surface area contributed by atoms with Gasteiger partial charge in [-0.15, -0.1) is 0 Å². The van der Waals surface area contributed by atoms with Gasteiger partial charge in [-0.1, -0.05) is 48.5 Å². The van der Waals surface area contributed by atoms with Gasteiger partial charge in [0.05, 0.1) is 0 Å². The van der Waals surface area contributed by atoms with Gasteiger partial charge in [0.1, 0.15) is 0 Å². The largest absolute Gasteiger partial charge is 0.0616 e. The summed E-state index contributed by atoms with van der Waals surface area (Å²) in [5.41, 5.74) is 0. The zero-order chi connectivity index (χ0) is 11.9. The van der Waals surface area contributed by atoms with Crippen LogP contribution in [0.3, 0.4) is 0 Å². The van der Waals surface area contributed by atoms with Crippen LogP contribution in [-0.2, 0) is 0 Å². The minimum absolute atomic E-state index is 1.17. The van der Waals surface area contributed by atoms with Crippen LogP contribution in [0.5, 0.6) is 0 Å². The van der Waals surface area contributed by atoms with Gasteiger partial charge < -0.3 is 0 Å².